The van der Waals surface area contributed by atoms with Gasteiger partial charge in [-0.1, -0.05) is 31.6 Å². The van der Waals surface area contributed by atoms with Crippen molar-refractivity contribution in [3.8, 4) is 0 Å². The zero-order chi connectivity index (χ0) is 14.2. The van der Waals surface area contributed by atoms with Gasteiger partial charge in [0.05, 0.1) is 5.60 Å². The van der Waals surface area contributed by atoms with Crippen LogP contribution in [0.4, 0.5) is 4.39 Å². The number of nitrogens with zero attached hydrogens (tertiary/aromatic N) is 1. The number of pyridine rings is 1. The van der Waals surface area contributed by atoms with E-state index in [4.69, 9.17) is 0 Å². The van der Waals surface area contributed by atoms with Crippen LogP contribution in [0.5, 0.6) is 0 Å². The molecule has 0 saturated heterocycles. The topological polar surface area (TPSA) is 33.1 Å². The quantitative estimate of drug-likeness (QED) is 0.885. The molecule has 1 heterocycles. The molecule has 0 spiro atoms. The molecule has 0 aromatic carbocycles. The lowest BCUT2D eigenvalue weighted by atomic mass is 10.00. The predicted octanol–water partition coefficient (Wildman–Crippen LogP) is 2.15. The molecule has 2 rings (SSSR count). The number of hydrogen-bond donors (Lipinski definition) is 1. The first-order valence-electron chi connectivity index (χ1n) is 6.57. The highest BCUT2D eigenvalue weighted by molar-refractivity contribution is 5.51. The Morgan fingerprint density at radius 2 is 2.00 bits per heavy atom. The van der Waals surface area contributed by atoms with Crippen molar-refractivity contribution in [3.05, 3.63) is 40.0 Å². The van der Waals surface area contributed by atoms with Crippen LogP contribution in [0.2, 0.25) is 0 Å². The summed E-state index contributed by atoms with van der Waals surface area (Å²) in [4.78, 5) is 4.18. The normalized spacial score (nSPS) is 15.7. The maximum Gasteiger partial charge on any atom is 0.130 e. The Morgan fingerprint density at radius 3 is 2.58 bits per heavy atom. The van der Waals surface area contributed by atoms with Gasteiger partial charge >= 0.3 is 0 Å². The molecule has 1 aliphatic carbocycles. The second-order valence-corrected chi connectivity index (χ2v) is 5.87. The maximum atomic E-state index is 14.2. The second kappa shape index (κ2) is 4.89. The molecule has 0 amide bonds. The fourth-order valence-electron chi connectivity index (χ4n) is 2.09. The van der Waals surface area contributed by atoms with Crippen molar-refractivity contribution in [2.45, 2.75) is 39.7 Å². The van der Waals surface area contributed by atoms with E-state index in [1.807, 2.05) is 18.2 Å². The molecule has 0 aliphatic heterocycles. The van der Waals surface area contributed by atoms with Crippen molar-refractivity contribution in [1.82, 2.24) is 4.98 Å². The third-order valence-electron chi connectivity index (χ3n) is 3.46. The molecule has 1 aliphatic rings. The van der Waals surface area contributed by atoms with Crippen LogP contribution in [0.15, 0.2) is 23.9 Å². The summed E-state index contributed by atoms with van der Waals surface area (Å²) in [5, 5.41) is 11.1. The zero-order valence-electron chi connectivity index (χ0n) is 11.9. The Kier molecular flexibility index (Phi) is 3.59. The highest BCUT2D eigenvalue weighted by Crippen LogP contribution is 2.21. The highest BCUT2D eigenvalue weighted by Gasteiger charge is 2.17. The Labute approximate surface area is 113 Å². The average Bonchev–Trinajstić information content (AvgIpc) is 2.47. The SMILES string of the molecule is CC(C)C1=CC=c2cc(C(C)(C)O)cnc2=C(F)C1. The van der Waals surface area contributed by atoms with Gasteiger partial charge in [0.25, 0.3) is 0 Å². The van der Waals surface area contributed by atoms with E-state index < -0.39 is 5.60 Å². The molecule has 1 aromatic heterocycles. The summed E-state index contributed by atoms with van der Waals surface area (Å²) in [6.07, 6.45) is 5.72. The number of aromatic nitrogens is 1. The minimum absolute atomic E-state index is 0.203. The first-order valence-corrected chi connectivity index (χ1v) is 6.57. The van der Waals surface area contributed by atoms with E-state index in [9.17, 15) is 9.50 Å². The molecule has 2 nitrogen and oxygen atoms in total. The Balaban J connectivity index is 2.64. The van der Waals surface area contributed by atoms with Gasteiger partial charge in [-0.25, -0.2) is 4.39 Å². The summed E-state index contributed by atoms with van der Waals surface area (Å²) >= 11 is 0. The van der Waals surface area contributed by atoms with E-state index in [1.165, 1.54) is 0 Å². The molecule has 1 N–H and O–H groups in total. The number of rotatable bonds is 2. The lowest BCUT2D eigenvalue weighted by molar-refractivity contribution is 0.0781. The summed E-state index contributed by atoms with van der Waals surface area (Å²) < 4.78 is 14.2. The standard InChI is InChI=1S/C16H20FNO/c1-10(2)11-5-6-12-7-13(16(3,4)19)9-18-15(12)14(17)8-11/h5-7,9-10,19H,8H2,1-4H3. The van der Waals surface area contributed by atoms with E-state index in [0.717, 1.165) is 10.8 Å². The van der Waals surface area contributed by atoms with E-state index in [0.29, 0.717) is 23.3 Å². The Morgan fingerprint density at radius 1 is 1.32 bits per heavy atom. The number of fused-ring (bicyclic) bond motifs is 1. The third-order valence-corrected chi connectivity index (χ3v) is 3.46. The smallest absolute Gasteiger partial charge is 0.130 e. The zero-order valence-corrected chi connectivity index (χ0v) is 11.9. The highest BCUT2D eigenvalue weighted by atomic mass is 19.1. The van der Waals surface area contributed by atoms with Gasteiger partial charge in [0.1, 0.15) is 11.2 Å². The van der Waals surface area contributed by atoms with Crippen molar-refractivity contribution < 1.29 is 9.50 Å². The third kappa shape index (κ3) is 2.92. The largest absolute Gasteiger partial charge is 0.386 e. The van der Waals surface area contributed by atoms with Gasteiger partial charge in [0.2, 0.25) is 0 Å². The molecular formula is C16H20FNO. The van der Waals surface area contributed by atoms with Gasteiger partial charge in [-0.05, 0) is 25.8 Å². The van der Waals surface area contributed by atoms with Crippen LogP contribution in [0.25, 0.3) is 11.9 Å². The molecule has 0 unspecified atom stereocenters. The molecule has 0 fully saturated rings. The molecule has 0 saturated carbocycles. The van der Waals surface area contributed by atoms with Crippen molar-refractivity contribution in [3.63, 3.8) is 0 Å². The summed E-state index contributed by atoms with van der Waals surface area (Å²) in [5.74, 6) is 0.107. The summed E-state index contributed by atoms with van der Waals surface area (Å²) in [7, 11) is 0. The molecule has 102 valence electrons. The van der Waals surface area contributed by atoms with Gasteiger partial charge in [-0.2, -0.15) is 0 Å². The van der Waals surface area contributed by atoms with Crippen LogP contribution in [-0.4, -0.2) is 10.1 Å². The summed E-state index contributed by atoms with van der Waals surface area (Å²) in [6.45, 7) is 7.50. The predicted molar refractivity (Wildman–Crippen MR) is 75.3 cm³/mol. The molecule has 0 bridgehead atoms. The molecule has 1 aromatic rings. The van der Waals surface area contributed by atoms with E-state index in [1.54, 1.807) is 20.0 Å². The Hall–Kier alpha value is -1.48. The number of halogens is 1. The fourth-order valence-corrected chi connectivity index (χ4v) is 2.09. The van der Waals surface area contributed by atoms with Crippen LogP contribution in [0.3, 0.4) is 0 Å². The number of hydrogen-bond acceptors (Lipinski definition) is 2. The van der Waals surface area contributed by atoms with Crippen molar-refractivity contribution in [1.29, 1.82) is 0 Å². The molecule has 19 heavy (non-hydrogen) atoms. The number of allylic oxidation sites excluding steroid dienone is 2. The lowest BCUT2D eigenvalue weighted by Crippen LogP contribution is -2.32. The van der Waals surface area contributed by atoms with Crippen molar-refractivity contribution >= 4 is 11.9 Å². The van der Waals surface area contributed by atoms with E-state index in [-0.39, 0.29) is 5.83 Å². The van der Waals surface area contributed by atoms with Crippen LogP contribution < -0.4 is 10.6 Å². The summed E-state index contributed by atoms with van der Waals surface area (Å²) in [5.41, 5.74) is 0.778. The molecule has 0 radical (unpaired) electrons. The van der Waals surface area contributed by atoms with Crippen LogP contribution in [0, 0.1) is 5.92 Å². The minimum atomic E-state index is -0.969. The van der Waals surface area contributed by atoms with E-state index >= 15 is 0 Å². The van der Waals surface area contributed by atoms with Crippen LogP contribution in [-0.2, 0) is 5.60 Å². The Bertz CT molecular complexity index is 636. The monoisotopic (exact) mass is 261 g/mol. The average molecular weight is 261 g/mol. The van der Waals surface area contributed by atoms with Gasteiger partial charge in [-0.15, -0.1) is 0 Å². The molecule has 0 atom stereocenters. The maximum absolute atomic E-state index is 14.2. The van der Waals surface area contributed by atoms with Crippen LogP contribution >= 0.6 is 0 Å². The lowest BCUT2D eigenvalue weighted by Gasteiger charge is -2.16. The molecule has 3 heteroatoms. The molecular weight excluding hydrogens is 241 g/mol. The van der Waals surface area contributed by atoms with Gasteiger partial charge in [0, 0.05) is 23.4 Å². The van der Waals surface area contributed by atoms with E-state index in [2.05, 4.69) is 18.8 Å². The van der Waals surface area contributed by atoms with Gasteiger partial charge in [0.15, 0.2) is 0 Å². The summed E-state index contributed by atoms with van der Waals surface area (Å²) in [6, 6.07) is 1.81. The van der Waals surface area contributed by atoms with Crippen molar-refractivity contribution in [2.24, 2.45) is 5.92 Å². The van der Waals surface area contributed by atoms with Crippen LogP contribution in [0.1, 0.15) is 39.7 Å². The minimum Gasteiger partial charge on any atom is -0.386 e. The first kappa shape index (κ1) is 13.9. The fraction of sp³-hybridized carbons (Fsp3) is 0.438. The van der Waals surface area contributed by atoms with Gasteiger partial charge in [-0.3, -0.25) is 4.98 Å². The second-order valence-electron chi connectivity index (χ2n) is 5.87. The van der Waals surface area contributed by atoms with Gasteiger partial charge < -0.3 is 5.11 Å². The first-order chi connectivity index (χ1) is 8.79. The number of aliphatic hydroxyl groups is 1. The van der Waals surface area contributed by atoms with Crippen molar-refractivity contribution in [2.75, 3.05) is 0 Å².